The van der Waals surface area contributed by atoms with Gasteiger partial charge in [-0.25, -0.2) is 4.98 Å². The standard InChI is InChI=1S/C14H12F3N5O4/c15-14(16,17)9-3-4-10(12(8-9)22(25)26)18-6-7-20-13-11(21(23)24)2-1-5-19-13/h1-5,8,18H,6-7H2,(H,19,20)/p+1. The average Bonchev–Trinajstić information content (AvgIpc) is 2.58. The van der Waals surface area contributed by atoms with E-state index in [0.717, 1.165) is 12.1 Å². The topological polar surface area (TPSA) is 124 Å². The molecule has 2 rings (SSSR count). The number of anilines is 2. The normalized spacial score (nSPS) is 11.0. The quantitative estimate of drug-likeness (QED) is 0.437. The van der Waals surface area contributed by atoms with Gasteiger partial charge in [0, 0.05) is 12.1 Å². The van der Waals surface area contributed by atoms with Crippen LogP contribution in [-0.2, 0) is 6.18 Å². The lowest BCUT2D eigenvalue weighted by Gasteiger charge is -2.10. The Morgan fingerprint density at radius 1 is 1.00 bits per heavy atom. The zero-order chi connectivity index (χ0) is 19.3. The number of nitro benzene ring substituents is 1. The smallest absolute Gasteiger partial charge is 0.376 e. The van der Waals surface area contributed by atoms with Crippen molar-refractivity contribution in [3.63, 3.8) is 0 Å². The van der Waals surface area contributed by atoms with Gasteiger partial charge in [-0.2, -0.15) is 13.2 Å². The number of benzene rings is 1. The molecule has 0 radical (unpaired) electrons. The summed E-state index contributed by atoms with van der Waals surface area (Å²) in [5, 5.41) is 27.2. The lowest BCUT2D eigenvalue weighted by atomic mass is 10.1. The number of nitrogens with one attached hydrogen (secondary N) is 3. The van der Waals surface area contributed by atoms with E-state index in [1.165, 1.54) is 18.3 Å². The van der Waals surface area contributed by atoms with Crippen LogP contribution < -0.4 is 15.6 Å². The summed E-state index contributed by atoms with van der Waals surface area (Å²) >= 11 is 0. The first kappa shape index (κ1) is 18.9. The van der Waals surface area contributed by atoms with Crippen LogP contribution in [0.4, 0.5) is 36.1 Å². The van der Waals surface area contributed by atoms with E-state index in [9.17, 15) is 33.4 Å². The fourth-order valence-electron chi connectivity index (χ4n) is 2.11. The van der Waals surface area contributed by atoms with Gasteiger partial charge in [0.2, 0.25) is 0 Å². The predicted molar refractivity (Wildman–Crippen MR) is 84.7 cm³/mol. The number of aromatic nitrogens is 1. The molecule has 1 aromatic heterocycles. The Balaban J connectivity index is 2.04. The fraction of sp³-hybridized carbons (Fsp3) is 0.214. The highest BCUT2D eigenvalue weighted by molar-refractivity contribution is 5.63. The summed E-state index contributed by atoms with van der Waals surface area (Å²) in [6, 6.07) is 4.89. The molecule has 0 bridgehead atoms. The summed E-state index contributed by atoms with van der Waals surface area (Å²) in [6.45, 7) is 0.200. The fourth-order valence-corrected chi connectivity index (χ4v) is 2.11. The summed E-state index contributed by atoms with van der Waals surface area (Å²) < 4.78 is 37.9. The van der Waals surface area contributed by atoms with Gasteiger partial charge in [-0.1, -0.05) is 0 Å². The van der Waals surface area contributed by atoms with Gasteiger partial charge in [0.1, 0.15) is 12.2 Å². The van der Waals surface area contributed by atoms with Gasteiger partial charge in [0.25, 0.3) is 5.69 Å². The highest BCUT2D eigenvalue weighted by Crippen LogP contribution is 2.34. The first-order chi connectivity index (χ1) is 12.2. The van der Waals surface area contributed by atoms with Crippen LogP contribution in [0, 0.1) is 20.2 Å². The summed E-state index contributed by atoms with van der Waals surface area (Å²) in [4.78, 5) is 23.0. The molecule has 0 atom stereocenters. The Bertz CT molecular complexity index is 828. The number of H-pyrrole nitrogens is 1. The molecule has 0 saturated heterocycles. The first-order valence-corrected chi connectivity index (χ1v) is 7.18. The highest BCUT2D eigenvalue weighted by Gasteiger charge is 2.33. The Kier molecular flexibility index (Phi) is 5.54. The molecule has 2 aromatic rings. The van der Waals surface area contributed by atoms with E-state index in [-0.39, 0.29) is 30.3 Å². The van der Waals surface area contributed by atoms with Crippen molar-refractivity contribution in [2.24, 2.45) is 0 Å². The van der Waals surface area contributed by atoms with Crippen molar-refractivity contribution in [1.82, 2.24) is 0 Å². The van der Waals surface area contributed by atoms with Gasteiger partial charge in [-0.15, -0.1) is 0 Å². The van der Waals surface area contributed by atoms with Crippen molar-refractivity contribution in [3.8, 4) is 0 Å². The maximum atomic E-state index is 12.6. The number of hydrogen-bond acceptors (Lipinski definition) is 6. The van der Waals surface area contributed by atoms with Crippen LogP contribution in [0.2, 0.25) is 0 Å². The maximum absolute atomic E-state index is 12.6. The molecular formula is C14H13F3N5O4+. The van der Waals surface area contributed by atoms with E-state index >= 15 is 0 Å². The highest BCUT2D eigenvalue weighted by atomic mass is 19.4. The molecule has 12 heteroatoms. The zero-order valence-corrected chi connectivity index (χ0v) is 13.0. The van der Waals surface area contributed by atoms with Crippen molar-refractivity contribution >= 4 is 22.9 Å². The molecule has 3 N–H and O–H groups in total. The third-order valence-electron chi connectivity index (χ3n) is 3.29. The van der Waals surface area contributed by atoms with E-state index in [0.29, 0.717) is 6.07 Å². The maximum Gasteiger partial charge on any atom is 0.416 e. The third kappa shape index (κ3) is 4.55. The number of halogens is 3. The largest absolute Gasteiger partial charge is 0.416 e. The second-order valence-corrected chi connectivity index (χ2v) is 5.03. The van der Waals surface area contributed by atoms with Gasteiger partial charge in [0.05, 0.1) is 28.2 Å². The minimum atomic E-state index is -4.69. The zero-order valence-electron chi connectivity index (χ0n) is 13.0. The van der Waals surface area contributed by atoms with Crippen LogP contribution >= 0.6 is 0 Å². The average molecular weight is 372 g/mol. The van der Waals surface area contributed by atoms with Gasteiger partial charge in [-0.3, -0.25) is 25.5 Å². The predicted octanol–water partition coefficient (Wildman–Crippen LogP) is 2.86. The summed E-state index contributed by atoms with van der Waals surface area (Å²) in [5.74, 6) is 0.140. The second-order valence-electron chi connectivity index (χ2n) is 5.03. The number of pyridine rings is 1. The van der Waals surface area contributed by atoms with Crippen molar-refractivity contribution < 1.29 is 28.0 Å². The molecule has 0 aliphatic rings. The van der Waals surface area contributed by atoms with Crippen LogP contribution in [0.5, 0.6) is 0 Å². The SMILES string of the molecule is O=[N+]([O-])c1cc(C(F)(F)F)ccc1NCCNc1[nH+]cccc1[N+](=O)[O-]. The molecule has 1 aromatic carbocycles. The van der Waals surface area contributed by atoms with Gasteiger partial charge in [-0.05, 0) is 18.2 Å². The number of alkyl halides is 3. The molecule has 0 amide bonds. The third-order valence-corrected chi connectivity index (χ3v) is 3.29. The minimum Gasteiger partial charge on any atom is -0.376 e. The number of nitrogens with zero attached hydrogens (tertiary/aromatic N) is 2. The number of hydrogen-bond donors (Lipinski definition) is 2. The van der Waals surface area contributed by atoms with E-state index in [1.807, 2.05) is 0 Å². The molecule has 0 saturated carbocycles. The minimum absolute atomic E-state index is 0.0755. The Morgan fingerprint density at radius 3 is 2.27 bits per heavy atom. The molecule has 0 spiro atoms. The van der Waals surface area contributed by atoms with Crippen LogP contribution in [0.1, 0.15) is 5.56 Å². The Morgan fingerprint density at radius 2 is 1.65 bits per heavy atom. The van der Waals surface area contributed by atoms with Crippen molar-refractivity contribution in [1.29, 1.82) is 0 Å². The van der Waals surface area contributed by atoms with Crippen molar-refractivity contribution in [3.05, 3.63) is 62.3 Å². The molecule has 26 heavy (non-hydrogen) atoms. The second kappa shape index (κ2) is 7.63. The molecule has 0 unspecified atom stereocenters. The van der Waals surface area contributed by atoms with Crippen LogP contribution in [0.25, 0.3) is 0 Å². The Labute approximate surface area is 144 Å². The van der Waals surface area contributed by atoms with E-state index in [4.69, 9.17) is 0 Å². The van der Waals surface area contributed by atoms with E-state index < -0.39 is 27.3 Å². The summed E-state index contributed by atoms with van der Waals surface area (Å²) in [6.07, 6.45) is -3.21. The Hall–Kier alpha value is -3.44. The van der Waals surface area contributed by atoms with E-state index in [2.05, 4.69) is 15.6 Å². The lowest BCUT2D eigenvalue weighted by molar-refractivity contribution is -0.409. The van der Waals surface area contributed by atoms with Crippen molar-refractivity contribution in [2.45, 2.75) is 6.18 Å². The van der Waals surface area contributed by atoms with Gasteiger partial charge >= 0.3 is 17.7 Å². The molecule has 1 heterocycles. The molecule has 0 aliphatic heterocycles. The van der Waals surface area contributed by atoms with Crippen LogP contribution in [0.15, 0.2) is 36.5 Å². The van der Waals surface area contributed by atoms with Gasteiger partial charge in [0.15, 0.2) is 0 Å². The molecule has 0 fully saturated rings. The first-order valence-electron chi connectivity index (χ1n) is 7.18. The van der Waals surface area contributed by atoms with Crippen LogP contribution in [-0.4, -0.2) is 22.9 Å². The van der Waals surface area contributed by atoms with Crippen molar-refractivity contribution in [2.75, 3.05) is 23.7 Å². The molecule has 138 valence electrons. The molecular weight excluding hydrogens is 359 g/mol. The van der Waals surface area contributed by atoms with E-state index in [1.54, 1.807) is 0 Å². The van der Waals surface area contributed by atoms with Crippen LogP contribution in [0.3, 0.4) is 0 Å². The molecule has 0 aliphatic carbocycles. The summed E-state index contributed by atoms with van der Waals surface area (Å²) in [5.41, 5.74) is -2.11. The number of nitro groups is 2. The van der Waals surface area contributed by atoms with Gasteiger partial charge < -0.3 is 5.32 Å². The number of rotatable bonds is 7. The molecule has 9 nitrogen and oxygen atoms in total. The monoisotopic (exact) mass is 372 g/mol. The number of aromatic amines is 1. The summed E-state index contributed by atoms with van der Waals surface area (Å²) in [7, 11) is 0. The lowest BCUT2D eigenvalue weighted by Crippen LogP contribution is -2.20.